The fourth-order valence-electron chi connectivity index (χ4n) is 2.86. The molecule has 0 aliphatic carbocycles. The van der Waals surface area contributed by atoms with E-state index >= 15 is 0 Å². The number of halogens is 1. The van der Waals surface area contributed by atoms with Crippen LogP contribution in [0.2, 0.25) is 5.02 Å². The molecule has 1 aliphatic rings. The minimum absolute atomic E-state index is 0.215. The van der Waals surface area contributed by atoms with E-state index < -0.39 is 17.8 Å². The highest BCUT2D eigenvalue weighted by Crippen LogP contribution is 2.37. The van der Waals surface area contributed by atoms with Crippen molar-refractivity contribution >= 4 is 41.2 Å². The number of urea groups is 1. The number of hydrogen-bond acceptors (Lipinski definition) is 5. The summed E-state index contributed by atoms with van der Waals surface area (Å²) in [7, 11) is 1.44. The smallest absolute Gasteiger partial charge is 0.335 e. The molecule has 4 amide bonds. The first-order valence-corrected chi connectivity index (χ1v) is 9.33. The lowest BCUT2D eigenvalue weighted by atomic mass is 10.1. The SMILES string of the molecule is C=CCOc1c(Cl)cc(/C=C2\C(=O)NC(=O)N(c3ccc(C)cc3)C2=O)cc1OC. The number of carbonyl (C=O) groups excluding carboxylic acids is 3. The van der Waals surface area contributed by atoms with Crippen molar-refractivity contribution in [2.75, 3.05) is 18.6 Å². The van der Waals surface area contributed by atoms with Gasteiger partial charge in [0.05, 0.1) is 17.8 Å². The molecule has 2 aromatic carbocycles. The number of imide groups is 2. The highest BCUT2D eigenvalue weighted by Gasteiger charge is 2.36. The van der Waals surface area contributed by atoms with Crippen molar-refractivity contribution in [3.05, 3.63) is 70.8 Å². The van der Waals surface area contributed by atoms with Gasteiger partial charge < -0.3 is 9.47 Å². The number of nitrogens with zero attached hydrogens (tertiary/aromatic N) is 1. The fraction of sp³-hybridized carbons (Fsp3) is 0.136. The molecule has 1 fully saturated rings. The van der Waals surface area contributed by atoms with Gasteiger partial charge in [0, 0.05) is 0 Å². The molecule has 2 aromatic rings. The van der Waals surface area contributed by atoms with E-state index in [2.05, 4.69) is 11.9 Å². The Hall–Kier alpha value is -3.58. The molecular formula is C22H19ClN2O5. The number of methoxy groups -OCH3 is 1. The van der Waals surface area contributed by atoms with E-state index in [1.165, 1.54) is 19.3 Å². The average Bonchev–Trinajstić information content (AvgIpc) is 2.71. The molecule has 1 saturated heterocycles. The first kappa shape index (κ1) is 21.1. The van der Waals surface area contributed by atoms with Crippen LogP contribution in [0.5, 0.6) is 11.5 Å². The number of benzene rings is 2. The molecule has 0 saturated carbocycles. The van der Waals surface area contributed by atoms with Gasteiger partial charge in [-0.25, -0.2) is 9.69 Å². The summed E-state index contributed by atoms with van der Waals surface area (Å²) in [5.74, 6) is -0.895. The number of anilines is 1. The highest BCUT2D eigenvalue weighted by molar-refractivity contribution is 6.39. The van der Waals surface area contributed by atoms with Crippen molar-refractivity contribution in [3.8, 4) is 11.5 Å². The molecular weight excluding hydrogens is 408 g/mol. The van der Waals surface area contributed by atoms with Crippen LogP contribution in [0.3, 0.4) is 0 Å². The van der Waals surface area contributed by atoms with E-state index in [9.17, 15) is 14.4 Å². The van der Waals surface area contributed by atoms with Crippen LogP contribution in [-0.4, -0.2) is 31.6 Å². The molecule has 0 radical (unpaired) electrons. The van der Waals surface area contributed by atoms with E-state index in [1.54, 1.807) is 36.4 Å². The van der Waals surface area contributed by atoms with Crippen LogP contribution >= 0.6 is 11.6 Å². The molecule has 7 nitrogen and oxygen atoms in total. The fourth-order valence-corrected chi connectivity index (χ4v) is 3.13. The van der Waals surface area contributed by atoms with Crippen molar-refractivity contribution in [1.29, 1.82) is 0 Å². The van der Waals surface area contributed by atoms with Gasteiger partial charge in [-0.3, -0.25) is 14.9 Å². The predicted molar refractivity (Wildman–Crippen MR) is 114 cm³/mol. The summed E-state index contributed by atoms with van der Waals surface area (Å²) in [6, 6.07) is 9.09. The Morgan fingerprint density at radius 1 is 1.17 bits per heavy atom. The topological polar surface area (TPSA) is 84.9 Å². The summed E-state index contributed by atoms with van der Waals surface area (Å²) in [6.45, 7) is 5.70. The molecule has 3 rings (SSSR count). The zero-order valence-electron chi connectivity index (χ0n) is 16.4. The second kappa shape index (κ2) is 8.84. The van der Waals surface area contributed by atoms with Crippen LogP contribution in [0.25, 0.3) is 6.08 Å². The van der Waals surface area contributed by atoms with E-state index in [0.29, 0.717) is 22.7 Å². The molecule has 30 heavy (non-hydrogen) atoms. The van der Waals surface area contributed by atoms with Crippen LogP contribution in [0.15, 0.2) is 54.6 Å². The van der Waals surface area contributed by atoms with E-state index in [-0.39, 0.29) is 17.2 Å². The van der Waals surface area contributed by atoms with Gasteiger partial charge in [0.2, 0.25) is 0 Å². The Morgan fingerprint density at radius 2 is 1.87 bits per heavy atom. The number of rotatable bonds is 6. The van der Waals surface area contributed by atoms with Gasteiger partial charge in [0.1, 0.15) is 12.2 Å². The van der Waals surface area contributed by atoms with Gasteiger partial charge in [-0.2, -0.15) is 0 Å². The third-order valence-corrected chi connectivity index (χ3v) is 4.58. The highest BCUT2D eigenvalue weighted by atomic mass is 35.5. The number of nitrogens with one attached hydrogen (secondary N) is 1. The molecule has 0 aromatic heterocycles. The number of aryl methyl sites for hydroxylation is 1. The van der Waals surface area contributed by atoms with Gasteiger partial charge in [0.25, 0.3) is 11.8 Å². The van der Waals surface area contributed by atoms with Crippen molar-refractivity contribution in [2.45, 2.75) is 6.92 Å². The zero-order valence-corrected chi connectivity index (χ0v) is 17.2. The average molecular weight is 427 g/mol. The molecule has 154 valence electrons. The Balaban J connectivity index is 2.01. The van der Waals surface area contributed by atoms with Crippen LogP contribution in [-0.2, 0) is 9.59 Å². The summed E-state index contributed by atoms with van der Waals surface area (Å²) in [6.07, 6.45) is 2.91. The van der Waals surface area contributed by atoms with Crippen molar-refractivity contribution in [2.24, 2.45) is 0 Å². The van der Waals surface area contributed by atoms with E-state index in [1.807, 2.05) is 6.92 Å². The third-order valence-electron chi connectivity index (χ3n) is 4.30. The molecule has 8 heteroatoms. The van der Waals surface area contributed by atoms with Crippen LogP contribution in [0.1, 0.15) is 11.1 Å². The molecule has 1 heterocycles. The lowest BCUT2D eigenvalue weighted by molar-refractivity contribution is -0.122. The molecule has 1 N–H and O–H groups in total. The van der Waals surface area contributed by atoms with Gasteiger partial charge >= 0.3 is 6.03 Å². The maximum atomic E-state index is 13.0. The molecule has 0 atom stereocenters. The predicted octanol–water partition coefficient (Wildman–Crippen LogP) is 3.89. The van der Waals surface area contributed by atoms with Crippen molar-refractivity contribution in [3.63, 3.8) is 0 Å². The number of hydrogen-bond donors (Lipinski definition) is 1. The monoisotopic (exact) mass is 426 g/mol. The molecule has 0 bridgehead atoms. The lowest BCUT2D eigenvalue weighted by Crippen LogP contribution is -2.54. The second-order valence-corrected chi connectivity index (χ2v) is 6.83. The Bertz CT molecular complexity index is 1060. The Morgan fingerprint density at radius 3 is 2.50 bits per heavy atom. The van der Waals surface area contributed by atoms with E-state index in [4.69, 9.17) is 21.1 Å². The summed E-state index contributed by atoms with van der Waals surface area (Å²) < 4.78 is 10.8. The van der Waals surface area contributed by atoms with Crippen LogP contribution < -0.4 is 19.7 Å². The maximum Gasteiger partial charge on any atom is 0.335 e. The second-order valence-electron chi connectivity index (χ2n) is 6.43. The van der Waals surface area contributed by atoms with Gasteiger partial charge in [-0.05, 0) is 42.8 Å². The standard InChI is InChI=1S/C22H19ClN2O5/c1-4-9-30-19-17(23)11-14(12-18(19)29-3)10-16-20(26)24-22(28)25(21(16)27)15-7-5-13(2)6-8-15/h4-8,10-12H,1,9H2,2-3H3,(H,24,26,28)/b16-10+. The quantitative estimate of drug-likeness (QED) is 0.430. The number of barbiturate groups is 1. The molecule has 1 aliphatic heterocycles. The summed E-state index contributed by atoms with van der Waals surface area (Å²) >= 11 is 6.28. The third kappa shape index (κ3) is 4.21. The Labute approximate surface area is 178 Å². The maximum absolute atomic E-state index is 13.0. The van der Waals surface area contributed by atoms with Gasteiger partial charge in [-0.1, -0.05) is 42.0 Å². The normalized spacial score (nSPS) is 15.2. The minimum Gasteiger partial charge on any atom is -0.493 e. The summed E-state index contributed by atoms with van der Waals surface area (Å²) in [5, 5.41) is 2.42. The minimum atomic E-state index is -0.810. The molecule has 0 unspecified atom stereocenters. The first-order valence-electron chi connectivity index (χ1n) is 8.95. The lowest BCUT2D eigenvalue weighted by Gasteiger charge is -2.26. The van der Waals surface area contributed by atoms with Crippen molar-refractivity contribution < 1.29 is 23.9 Å². The number of amides is 4. The zero-order chi connectivity index (χ0) is 21.8. The van der Waals surface area contributed by atoms with Gasteiger partial charge in [-0.15, -0.1) is 0 Å². The number of ether oxygens (including phenoxy) is 2. The largest absolute Gasteiger partial charge is 0.493 e. The first-order chi connectivity index (χ1) is 14.3. The van der Waals surface area contributed by atoms with Crippen molar-refractivity contribution in [1.82, 2.24) is 5.32 Å². The molecule has 0 spiro atoms. The number of carbonyl (C=O) groups is 3. The van der Waals surface area contributed by atoms with Crippen LogP contribution in [0, 0.1) is 6.92 Å². The van der Waals surface area contributed by atoms with Gasteiger partial charge in [0.15, 0.2) is 11.5 Å². The van der Waals surface area contributed by atoms with E-state index in [0.717, 1.165) is 10.5 Å². The summed E-state index contributed by atoms with van der Waals surface area (Å²) in [4.78, 5) is 38.5. The summed E-state index contributed by atoms with van der Waals surface area (Å²) in [5.41, 5.74) is 1.54. The Kier molecular flexibility index (Phi) is 6.23. The van der Waals surface area contributed by atoms with Crippen LogP contribution in [0.4, 0.5) is 10.5 Å².